The highest BCUT2D eigenvalue weighted by molar-refractivity contribution is 5.93. The number of nitrogens with one attached hydrogen (secondary N) is 2. The Morgan fingerprint density at radius 3 is 2.65 bits per heavy atom. The van der Waals surface area contributed by atoms with Gasteiger partial charge in [0.2, 0.25) is 5.56 Å². The van der Waals surface area contributed by atoms with E-state index in [1.54, 1.807) is 13.0 Å². The van der Waals surface area contributed by atoms with Crippen LogP contribution in [0.15, 0.2) is 47.4 Å². The van der Waals surface area contributed by atoms with Crippen molar-refractivity contribution in [3.05, 3.63) is 69.6 Å². The molecule has 4 nitrogen and oxygen atoms in total. The zero-order chi connectivity index (χ0) is 17.0. The summed E-state index contributed by atoms with van der Waals surface area (Å²) in [4.78, 5) is 25.5. The second-order valence-corrected chi connectivity index (χ2v) is 5.18. The van der Waals surface area contributed by atoms with Crippen LogP contribution in [0, 0.1) is 0 Å². The summed E-state index contributed by atoms with van der Waals surface area (Å²) >= 11 is 0. The Bertz CT molecular complexity index is 753. The molecule has 122 valence electrons. The fourth-order valence-electron chi connectivity index (χ4n) is 2.07. The van der Waals surface area contributed by atoms with Crippen LogP contribution in [-0.4, -0.2) is 17.4 Å². The number of alkyl halides is 3. The lowest BCUT2D eigenvalue weighted by Gasteiger charge is -2.15. The van der Waals surface area contributed by atoms with Crippen molar-refractivity contribution in [3.8, 4) is 0 Å². The average molecular weight is 324 g/mol. The fourth-order valence-corrected chi connectivity index (χ4v) is 2.07. The molecule has 0 fully saturated rings. The predicted molar refractivity (Wildman–Crippen MR) is 79.3 cm³/mol. The van der Waals surface area contributed by atoms with Crippen LogP contribution in [0.25, 0.3) is 0 Å². The summed E-state index contributed by atoms with van der Waals surface area (Å²) in [6.45, 7) is 1.88. The van der Waals surface area contributed by atoms with Gasteiger partial charge >= 0.3 is 6.18 Å². The Morgan fingerprint density at radius 2 is 2.00 bits per heavy atom. The topological polar surface area (TPSA) is 62.0 Å². The van der Waals surface area contributed by atoms with E-state index in [-0.39, 0.29) is 18.0 Å². The number of carbonyl (C=O) groups excluding carboxylic acids is 1. The Hall–Kier alpha value is -2.57. The lowest BCUT2D eigenvalue weighted by atomic mass is 9.98. The van der Waals surface area contributed by atoms with E-state index in [1.165, 1.54) is 18.3 Å². The molecule has 1 atom stereocenters. The molecule has 1 heterocycles. The SMILES string of the molecule is C[C@H](CNC(=O)c1cc[nH]c(=O)c1)c1cccc(C(F)(F)F)c1. The number of benzene rings is 1. The third-order valence-corrected chi connectivity index (χ3v) is 3.39. The fraction of sp³-hybridized carbons (Fsp3) is 0.250. The highest BCUT2D eigenvalue weighted by atomic mass is 19.4. The van der Waals surface area contributed by atoms with Crippen LogP contribution < -0.4 is 10.9 Å². The molecule has 2 rings (SSSR count). The number of rotatable bonds is 4. The number of carbonyl (C=O) groups is 1. The minimum atomic E-state index is -4.40. The van der Waals surface area contributed by atoms with Crippen LogP contribution in [-0.2, 0) is 6.18 Å². The van der Waals surface area contributed by atoms with Crippen molar-refractivity contribution in [1.29, 1.82) is 0 Å². The van der Waals surface area contributed by atoms with Gasteiger partial charge in [-0.05, 0) is 23.6 Å². The molecule has 0 unspecified atom stereocenters. The van der Waals surface area contributed by atoms with E-state index in [2.05, 4.69) is 10.3 Å². The first-order valence-electron chi connectivity index (χ1n) is 6.91. The highest BCUT2D eigenvalue weighted by Gasteiger charge is 2.30. The van der Waals surface area contributed by atoms with Gasteiger partial charge < -0.3 is 10.3 Å². The molecule has 0 saturated carbocycles. The number of aromatic amines is 1. The first-order valence-corrected chi connectivity index (χ1v) is 6.91. The van der Waals surface area contributed by atoms with Crippen LogP contribution in [0.2, 0.25) is 0 Å². The van der Waals surface area contributed by atoms with E-state index >= 15 is 0 Å². The summed E-state index contributed by atoms with van der Waals surface area (Å²) in [5, 5.41) is 2.61. The largest absolute Gasteiger partial charge is 0.416 e. The van der Waals surface area contributed by atoms with E-state index in [0.29, 0.717) is 5.56 Å². The summed E-state index contributed by atoms with van der Waals surface area (Å²) in [5.74, 6) is -0.752. The molecule has 2 N–H and O–H groups in total. The summed E-state index contributed by atoms with van der Waals surface area (Å²) < 4.78 is 38.1. The first-order chi connectivity index (χ1) is 10.8. The molecule has 0 saturated heterocycles. The van der Waals surface area contributed by atoms with Gasteiger partial charge in [0.1, 0.15) is 0 Å². The number of hydrogen-bond donors (Lipinski definition) is 2. The quantitative estimate of drug-likeness (QED) is 0.908. The lowest BCUT2D eigenvalue weighted by molar-refractivity contribution is -0.137. The summed E-state index contributed by atoms with van der Waals surface area (Å²) in [7, 11) is 0. The van der Waals surface area contributed by atoms with Crippen molar-refractivity contribution in [1.82, 2.24) is 10.3 Å². The third-order valence-electron chi connectivity index (χ3n) is 3.39. The molecule has 2 aromatic rings. The van der Waals surface area contributed by atoms with Crippen LogP contribution >= 0.6 is 0 Å². The Kier molecular flexibility index (Phi) is 4.88. The van der Waals surface area contributed by atoms with Gasteiger partial charge in [-0.3, -0.25) is 9.59 Å². The second kappa shape index (κ2) is 6.68. The van der Waals surface area contributed by atoms with Crippen molar-refractivity contribution in [3.63, 3.8) is 0 Å². The van der Waals surface area contributed by atoms with Crippen LogP contribution in [0.4, 0.5) is 13.2 Å². The molecule has 0 aliphatic carbocycles. The van der Waals surface area contributed by atoms with Gasteiger partial charge in [-0.15, -0.1) is 0 Å². The van der Waals surface area contributed by atoms with Crippen molar-refractivity contribution in [2.75, 3.05) is 6.54 Å². The molecule has 0 aliphatic heterocycles. The number of aromatic nitrogens is 1. The van der Waals surface area contributed by atoms with Crippen molar-refractivity contribution in [2.24, 2.45) is 0 Å². The molecule has 7 heteroatoms. The molecule has 1 amide bonds. The van der Waals surface area contributed by atoms with E-state index in [0.717, 1.165) is 18.2 Å². The molecular weight excluding hydrogens is 309 g/mol. The maximum Gasteiger partial charge on any atom is 0.416 e. The molecule has 0 aliphatic rings. The number of pyridine rings is 1. The molecule has 0 radical (unpaired) electrons. The van der Waals surface area contributed by atoms with Crippen LogP contribution in [0.5, 0.6) is 0 Å². The average Bonchev–Trinajstić information content (AvgIpc) is 2.51. The third kappa shape index (κ3) is 4.45. The van der Waals surface area contributed by atoms with Crippen molar-refractivity contribution in [2.45, 2.75) is 19.0 Å². The van der Waals surface area contributed by atoms with Gasteiger partial charge in [0.05, 0.1) is 5.56 Å². The molecule has 0 spiro atoms. The van der Waals surface area contributed by atoms with E-state index in [4.69, 9.17) is 0 Å². The summed E-state index contributed by atoms with van der Waals surface area (Å²) in [6, 6.07) is 7.61. The van der Waals surface area contributed by atoms with Gasteiger partial charge in [0, 0.05) is 24.4 Å². The highest BCUT2D eigenvalue weighted by Crippen LogP contribution is 2.30. The molecule has 0 bridgehead atoms. The Balaban J connectivity index is 2.04. The van der Waals surface area contributed by atoms with Gasteiger partial charge in [0.15, 0.2) is 0 Å². The summed E-state index contributed by atoms with van der Waals surface area (Å²) in [5.41, 5.74) is -0.442. The Morgan fingerprint density at radius 1 is 1.26 bits per heavy atom. The molecule has 1 aromatic carbocycles. The molecular formula is C16H15F3N2O2. The zero-order valence-corrected chi connectivity index (χ0v) is 12.3. The monoisotopic (exact) mass is 324 g/mol. The van der Waals surface area contributed by atoms with Crippen LogP contribution in [0.3, 0.4) is 0 Å². The smallest absolute Gasteiger partial charge is 0.351 e. The van der Waals surface area contributed by atoms with E-state index in [9.17, 15) is 22.8 Å². The van der Waals surface area contributed by atoms with Crippen molar-refractivity contribution >= 4 is 5.91 Å². The second-order valence-electron chi connectivity index (χ2n) is 5.18. The molecule has 23 heavy (non-hydrogen) atoms. The van der Waals surface area contributed by atoms with E-state index < -0.39 is 23.2 Å². The Labute approximate surface area is 130 Å². The maximum atomic E-state index is 12.7. The maximum absolute atomic E-state index is 12.7. The van der Waals surface area contributed by atoms with Gasteiger partial charge in [-0.2, -0.15) is 13.2 Å². The minimum absolute atomic E-state index is 0.160. The molecule has 1 aromatic heterocycles. The zero-order valence-electron chi connectivity index (χ0n) is 12.3. The van der Waals surface area contributed by atoms with E-state index in [1.807, 2.05) is 0 Å². The lowest BCUT2D eigenvalue weighted by Crippen LogP contribution is -2.28. The van der Waals surface area contributed by atoms with Gasteiger partial charge in [0.25, 0.3) is 5.91 Å². The standard InChI is InChI=1S/C16H15F3N2O2/c1-10(11-3-2-4-13(7-11)16(17,18)19)9-21-15(23)12-5-6-20-14(22)8-12/h2-8,10H,9H2,1H3,(H,20,22)(H,21,23)/t10-/m1/s1. The van der Waals surface area contributed by atoms with Gasteiger partial charge in [-0.1, -0.05) is 25.1 Å². The number of hydrogen-bond acceptors (Lipinski definition) is 2. The summed E-state index contributed by atoms with van der Waals surface area (Å²) in [6.07, 6.45) is -3.04. The number of amides is 1. The van der Waals surface area contributed by atoms with Crippen molar-refractivity contribution < 1.29 is 18.0 Å². The number of H-pyrrole nitrogens is 1. The normalized spacial score (nSPS) is 12.7. The van der Waals surface area contributed by atoms with Gasteiger partial charge in [-0.25, -0.2) is 0 Å². The first kappa shape index (κ1) is 16.8. The van der Waals surface area contributed by atoms with Crippen LogP contribution in [0.1, 0.15) is 34.3 Å². The minimum Gasteiger partial charge on any atom is -0.351 e. The predicted octanol–water partition coefficient (Wildman–Crippen LogP) is 2.93. The number of halogens is 3.